The third-order valence-electron chi connectivity index (χ3n) is 6.93. The monoisotopic (exact) mass is 492 g/mol. The Morgan fingerprint density at radius 2 is 1.69 bits per heavy atom. The molecule has 1 unspecified atom stereocenters. The fourth-order valence-corrected chi connectivity index (χ4v) is 5.07. The van der Waals surface area contributed by atoms with Crippen LogP contribution >= 0.6 is 0 Å². The van der Waals surface area contributed by atoms with Crippen LogP contribution in [0, 0.1) is 5.92 Å². The third-order valence-corrected chi connectivity index (χ3v) is 6.93. The first-order valence-corrected chi connectivity index (χ1v) is 12.8. The summed E-state index contributed by atoms with van der Waals surface area (Å²) in [5.74, 6) is 1.64. The number of carbonyl (C=O) groups excluding carboxylic acids is 3. The number of urea groups is 1. The van der Waals surface area contributed by atoms with Gasteiger partial charge in [0.05, 0.1) is 0 Å². The van der Waals surface area contributed by atoms with Gasteiger partial charge in [0.2, 0.25) is 11.8 Å². The number of piperidine rings is 1. The van der Waals surface area contributed by atoms with Crippen LogP contribution in [0.3, 0.4) is 0 Å². The first-order valence-electron chi connectivity index (χ1n) is 12.8. The summed E-state index contributed by atoms with van der Waals surface area (Å²) in [6.45, 7) is 7.46. The highest BCUT2D eigenvalue weighted by Crippen LogP contribution is 2.34. The van der Waals surface area contributed by atoms with Gasteiger partial charge in [0, 0.05) is 25.3 Å². The van der Waals surface area contributed by atoms with Gasteiger partial charge in [-0.3, -0.25) is 9.59 Å². The van der Waals surface area contributed by atoms with Gasteiger partial charge in [0.25, 0.3) is 0 Å². The van der Waals surface area contributed by atoms with Crippen LogP contribution in [0.2, 0.25) is 0 Å². The van der Waals surface area contributed by atoms with Crippen LogP contribution in [0.1, 0.15) is 46.5 Å². The largest absolute Gasteiger partial charge is 0.457 e. The number of hydrogen-bond acceptors (Lipinski definition) is 4. The van der Waals surface area contributed by atoms with Gasteiger partial charge < -0.3 is 25.2 Å². The Labute approximate surface area is 213 Å². The molecule has 0 aliphatic carbocycles. The second-order valence-corrected chi connectivity index (χ2v) is 10.0. The number of amides is 4. The average Bonchev–Trinajstić information content (AvgIpc) is 2.87. The zero-order valence-corrected chi connectivity index (χ0v) is 21.3. The predicted molar refractivity (Wildman–Crippen MR) is 139 cm³/mol. The summed E-state index contributed by atoms with van der Waals surface area (Å²) in [4.78, 5) is 43.0. The molecule has 2 aromatic carbocycles. The van der Waals surface area contributed by atoms with Crippen molar-refractivity contribution in [1.82, 2.24) is 15.1 Å². The number of carbonyl (C=O) groups is 3. The van der Waals surface area contributed by atoms with Crippen molar-refractivity contribution in [2.24, 2.45) is 5.92 Å². The number of para-hydroxylation sites is 1. The highest BCUT2D eigenvalue weighted by atomic mass is 16.5. The molecule has 192 valence electrons. The molecule has 2 aromatic rings. The molecule has 0 aromatic heterocycles. The summed E-state index contributed by atoms with van der Waals surface area (Å²) in [5.41, 5.74) is -0.219. The van der Waals surface area contributed by atoms with Crippen LogP contribution in [-0.4, -0.2) is 58.9 Å². The molecule has 2 saturated heterocycles. The normalized spacial score (nSPS) is 19.4. The smallest absolute Gasteiger partial charge is 0.321 e. The predicted octanol–water partition coefficient (Wildman–Crippen LogP) is 4.63. The van der Waals surface area contributed by atoms with E-state index < -0.39 is 11.6 Å². The SMILES string of the molecule is CCCN1C(=O)C(CC(C)C)NC(=O)C12CCN(C(=O)Nc1ccc(Oc3ccccc3)cc1)CC2. The molecular weight excluding hydrogens is 456 g/mol. The van der Waals surface area contributed by atoms with E-state index in [1.54, 1.807) is 21.9 Å². The maximum absolute atomic E-state index is 13.3. The lowest BCUT2D eigenvalue weighted by Gasteiger charge is -2.51. The number of benzene rings is 2. The lowest BCUT2D eigenvalue weighted by atomic mass is 9.81. The van der Waals surface area contributed by atoms with Crippen LogP contribution in [0.25, 0.3) is 0 Å². The van der Waals surface area contributed by atoms with Gasteiger partial charge in [0.15, 0.2) is 0 Å². The second kappa shape index (κ2) is 11.0. The van der Waals surface area contributed by atoms with Crippen molar-refractivity contribution in [3.63, 3.8) is 0 Å². The van der Waals surface area contributed by atoms with E-state index in [1.165, 1.54) is 0 Å². The molecule has 2 heterocycles. The summed E-state index contributed by atoms with van der Waals surface area (Å²) in [5, 5.41) is 5.92. The van der Waals surface area contributed by atoms with E-state index >= 15 is 0 Å². The van der Waals surface area contributed by atoms with Crippen LogP contribution in [-0.2, 0) is 9.59 Å². The lowest BCUT2D eigenvalue weighted by molar-refractivity contribution is -0.161. The Kier molecular flexibility index (Phi) is 7.82. The Hall–Kier alpha value is -3.55. The molecule has 1 atom stereocenters. The number of likely N-dealkylation sites (tertiary alicyclic amines) is 1. The van der Waals surface area contributed by atoms with Crippen LogP contribution in [0.4, 0.5) is 10.5 Å². The summed E-state index contributed by atoms with van der Waals surface area (Å²) in [6.07, 6.45) is 2.26. The standard InChI is InChI=1S/C28H36N4O4/c1-4-16-32-25(33)24(19-20(2)3)30-26(34)28(32)14-17-31(18-15-28)27(35)29-21-10-12-23(13-11-21)36-22-8-6-5-7-9-22/h5-13,20,24H,4,14-19H2,1-3H3,(H,29,35)(H,30,34). The summed E-state index contributed by atoms with van der Waals surface area (Å²) < 4.78 is 5.80. The minimum Gasteiger partial charge on any atom is -0.457 e. The number of piperazine rings is 1. The van der Waals surface area contributed by atoms with E-state index in [2.05, 4.69) is 24.5 Å². The molecule has 1 spiro atoms. The molecule has 0 radical (unpaired) electrons. The van der Waals surface area contributed by atoms with Crippen LogP contribution in [0.5, 0.6) is 11.5 Å². The molecule has 4 rings (SSSR count). The van der Waals surface area contributed by atoms with E-state index in [9.17, 15) is 14.4 Å². The first kappa shape index (κ1) is 25.5. The zero-order valence-electron chi connectivity index (χ0n) is 21.3. The molecule has 8 nitrogen and oxygen atoms in total. The van der Waals surface area contributed by atoms with E-state index in [4.69, 9.17) is 4.74 Å². The number of rotatable bonds is 7. The third kappa shape index (κ3) is 5.48. The molecule has 2 aliphatic rings. The van der Waals surface area contributed by atoms with Gasteiger partial charge in [-0.25, -0.2) is 4.79 Å². The molecular formula is C28H36N4O4. The van der Waals surface area contributed by atoms with Gasteiger partial charge in [-0.2, -0.15) is 0 Å². The van der Waals surface area contributed by atoms with Crippen molar-refractivity contribution in [1.29, 1.82) is 0 Å². The Balaban J connectivity index is 1.37. The second-order valence-electron chi connectivity index (χ2n) is 10.0. The minimum absolute atomic E-state index is 0.000799. The Morgan fingerprint density at radius 1 is 1.06 bits per heavy atom. The van der Waals surface area contributed by atoms with Crippen LogP contribution < -0.4 is 15.4 Å². The van der Waals surface area contributed by atoms with E-state index in [0.29, 0.717) is 56.3 Å². The fraction of sp³-hybridized carbons (Fsp3) is 0.464. The molecule has 2 N–H and O–H groups in total. The van der Waals surface area contributed by atoms with Crippen molar-refractivity contribution in [3.05, 3.63) is 54.6 Å². The van der Waals surface area contributed by atoms with E-state index in [-0.39, 0.29) is 17.8 Å². The van der Waals surface area contributed by atoms with Gasteiger partial charge in [0.1, 0.15) is 23.1 Å². The topological polar surface area (TPSA) is 91.0 Å². The van der Waals surface area contributed by atoms with Gasteiger partial charge in [-0.15, -0.1) is 0 Å². The maximum Gasteiger partial charge on any atom is 0.321 e. The highest BCUT2D eigenvalue weighted by molar-refractivity contribution is 6.00. The summed E-state index contributed by atoms with van der Waals surface area (Å²) in [7, 11) is 0. The fourth-order valence-electron chi connectivity index (χ4n) is 5.07. The van der Waals surface area contributed by atoms with Crippen molar-refractivity contribution in [3.8, 4) is 11.5 Å². The van der Waals surface area contributed by atoms with Gasteiger partial charge in [-0.05, 0) is 68.0 Å². The number of ether oxygens (including phenoxy) is 1. The van der Waals surface area contributed by atoms with Gasteiger partial charge >= 0.3 is 6.03 Å². The summed E-state index contributed by atoms with van der Waals surface area (Å²) in [6, 6.07) is 16.0. The number of anilines is 1. The molecule has 2 aliphatic heterocycles. The Morgan fingerprint density at radius 3 is 2.31 bits per heavy atom. The number of nitrogens with one attached hydrogen (secondary N) is 2. The average molecular weight is 493 g/mol. The number of nitrogens with zero attached hydrogens (tertiary/aromatic N) is 2. The molecule has 4 amide bonds. The quantitative estimate of drug-likeness (QED) is 0.590. The minimum atomic E-state index is -0.881. The maximum atomic E-state index is 13.3. The summed E-state index contributed by atoms with van der Waals surface area (Å²) >= 11 is 0. The van der Waals surface area contributed by atoms with E-state index in [1.807, 2.05) is 49.4 Å². The zero-order chi connectivity index (χ0) is 25.7. The Bertz CT molecular complexity index is 1060. The van der Waals surface area contributed by atoms with Crippen molar-refractivity contribution < 1.29 is 19.1 Å². The highest BCUT2D eigenvalue weighted by Gasteiger charge is 2.53. The van der Waals surface area contributed by atoms with Crippen molar-refractivity contribution in [2.75, 3.05) is 25.0 Å². The first-order chi connectivity index (χ1) is 17.3. The molecule has 0 bridgehead atoms. The number of hydrogen-bond donors (Lipinski definition) is 2. The molecule has 2 fully saturated rings. The molecule has 8 heteroatoms. The van der Waals surface area contributed by atoms with Crippen LogP contribution in [0.15, 0.2) is 54.6 Å². The van der Waals surface area contributed by atoms with Crippen molar-refractivity contribution >= 4 is 23.5 Å². The lowest BCUT2D eigenvalue weighted by Crippen LogP contribution is -2.73. The van der Waals surface area contributed by atoms with Gasteiger partial charge in [-0.1, -0.05) is 39.0 Å². The van der Waals surface area contributed by atoms with E-state index in [0.717, 1.165) is 12.2 Å². The van der Waals surface area contributed by atoms with Crippen molar-refractivity contribution in [2.45, 2.75) is 58.0 Å². The molecule has 0 saturated carbocycles. The molecule has 36 heavy (non-hydrogen) atoms.